The molecule has 1 atom stereocenters. The number of anilines is 1. The Labute approximate surface area is 107 Å². The van der Waals surface area contributed by atoms with Gasteiger partial charge in [0.1, 0.15) is 5.82 Å². The van der Waals surface area contributed by atoms with Crippen LogP contribution in [-0.4, -0.2) is 28.2 Å². The first-order chi connectivity index (χ1) is 8.88. The van der Waals surface area contributed by atoms with Crippen LogP contribution in [0.5, 0.6) is 0 Å². The Bertz CT molecular complexity index is 447. The molecule has 0 radical (unpaired) electrons. The lowest BCUT2D eigenvalue weighted by molar-refractivity contribution is 0.232. The molecule has 94 valence electrons. The van der Waals surface area contributed by atoms with E-state index in [1.165, 1.54) is 0 Å². The van der Waals surface area contributed by atoms with Gasteiger partial charge in [0.25, 0.3) is 0 Å². The molecule has 2 rings (SSSR count). The first-order valence-corrected chi connectivity index (χ1v) is 6.04. The summed E-state index contributed by atoms with van der Waals surface area (Å²) in [6.07, 6.45) is 4.28. The molecule has 2 N–H and O–H groups in total. The van der Waals surface area contributed by atoms with Crippen molar-refractivity contribution in [2.75, 3.05) is 18.5 Å². The summed E-state index contributed by atoms with van der Waals surface area (Å²) in [5, 5.41) is 12.6. The van der Waals surface area contributed by atoms with Crippen LogP contribution in [0.3, 0.4) is 0 Å². The fourth-order valence-corrected chi connectivity index (χ4v) is 1.73. The minimum Gasteiger partial charge on any atom is -0.396 e. The predicted molar refractivity (Wildman–Crippen MR) is 71.2 cm³/mol. The van der Waals surface area contributed by atoms with Gasteiger partial charge in [0.2, 0.25) is 0 Å². The minimum absolute atomic E-state index is 0.135. The van der Waals surface area contributed by atoms with Crippen LogP contribution in [0, 0.1) is 5.92 Å². The summed E-state index contributed by atoms with van der Waals surface area (Å²) >= 11 is 0. The van der Waals surface area contributed by atoms with E-state index in [9.17, 15) is 5.11 Å². The maximum Gasteiger partial charge on any atom is 0.125 e. The number of aliphatic hydroxyl groups excluding tert-OH is 1. The lowest BCUT2D eigenvalue weighted by Gasteiger charge is -2.14. The van der Waals surface area contributed by atoms with Gasteiger partial charge in [0.15, 0.2) is 0 Å². The third-order valence-electron chi connectivity index (χ3n) is 2.72. The average molecular weight is 243 g/mol. The Morgan fingerprint density at radius 3 is 2.44 bits per heavy atom. The van der Waals surface area contributed by atoms with Crippen molar-refractivity contribution in [1.29, 1.82) is 0 Å². The standard InChI is InChI=1S/C14H17N3O/c18-11-12(9-13-5-1-3-7-15-13)10-17-14-6-2-4-8-16-14/h1-8,12,18H,9-11H2,(H,16,17)/t12-/m0/s1. The van der Waals surface area contributed by atoms with E-state index in [1.54, 1.807) is 12.4 Å². The molecule has 4 heteroatoms. The van der Waals surface area contributed by atoms with Crippen molar-refractivity contribution in [3.8, 4) is 0 Å². The van der Waals surface area contributed by atoms with Crippen LogP contribution < -0.4 is 5.32 Å². The molecule has 4 nitrogen and oxygen atoms in total. The van der Waals surface area contributed by atoms with E-state index in [0.717, 1.165) is 17.9 Å². The number of nitrogens with zero attached hydrogens (tertiary/aromatic N) is 2. The number of hydrogen-bond donors (Lipinski definition) is 2. The first kappa shape index (κ1) is 12.5. The highest BCUT2D eigenvalue weighted by molar-refractivity contribution is 5.33. The van der Waals surface area contributed by atoms with E-state index >= 15 is 0 Å². The molecule has 2 heterocycles. The molecule has 0 saturated carbocycles. The molecule has 2 aromatic heterocycles. The highest BCUT2D eigenvalue weighted by atomic mass is 16.3. The molecule has 0 bridgehead atoms. The van der Waals surface area contributed by atoms with Gasteiger partial charge in [-0.3, -0.25) is 4.98 Å². The number of rotatable bonds is 6. The number of aromatic nitrogens is 2. The van der Waals surface area contributed by atoms with Gasteiger partial charge in [-0.2, -0.15) is 0 Å². The van der Waals surface area contributed by atoms with Crippen molar-refractivity contribution in [2.24, 2.45) is 5.92 Å². The van der Waals surface area contributed by atoms with Crippen molar-refractivity contribution in [3.63, 3.8) is 0 Å². The fourth-order valence-electron chi connectivity index (χ4n) is 1.73. The number of nitrogens with one attached hydrogen (secondary N) is 1. The minimum atomic E-state index is 0.135. The van der Waals surface area contributed by atoms with E-state index in [-0.39, 0.29) is 12.5 Å². The van der Waals surface area contributed by atoms with Crippen LogP contribution in [-0.2, 0) is 6.42 Å². The first-order valence-electron chi connectivity index (χ1n) is 6.04. The van der Waals surface area contributed by atoms with Gasteiger partial charge in [-0.25, -0.2) is 4.98 Å². The molecule has 0 aromatic carbocycles. The fraction of sp³-hybridized carbons (Fsp3) is 0.286. The second kappa shape index (κ2) is 6.71. The summed E-state index contributed by atoms with van der Waals surface area (Å²) in [5.41, 5.74) is 0.999. The topological polar surface area (TPSA) is 58.0 Å². The maximum atomic E-state index is 9.38. The molecule has 2 aromatic rings. The van der Waals surface area contributed by atoms with Gasteiger partial charge < -0.3 is 10.4 Å². The van der Waals surface area contributed by atoms with Crippen LogP contribution in [0.25, 0.3) is 0 Å². The molecule has 0 aliphatic carbocycles. The third-order valence-corrected chi connectivity index (χ3v) is 2.72. The van der Waals surface area contributed by atoms with E-state index in [2.05, 4.69) is 15.3 Å². The summed E-state index contributed by atoms with van der Waals surface area (Å²) in [6.45, 7) is 0.820. The van der Waals surface area contributed by atoms with Crippen molar-refractivity contribution in [1.82, 2.24) is 9.97 Å². The molecular formula is C14H17N3O. The Morgan fingerprint density at radius 1 is 1.06 bits per heavy atom. The monoisotopic (exact) mass is 243 g/mol. The summed E-state index contributed by atoms with van der Waals surface area (Å²) in [5.74, 6) is 0.971. The van der Waals surface area contributed by atoms with E-state index < -0.39 is 0 Å². The molecular weight excluding hydrogens is 226 g/mol. The van der Waals surface area contributed by atoms with Gasteiger partial charge in [-0.15, -0.1) is 0 Å². The Kier molecular flexibility index (Phi) is 4.67. The lowest BCUT2D eigenvalue weighted by atomic mass is 10.0. The number of hydrogen-bond acceptors (Lipinski definition) is 4. The molecule has 18 heavy (non-hydrogen) atoms. The molecule has 0 unspecified atom stereocenters. The average Bonchev–Trinajstić information content (AvgIpc) is 2.45. The Hall–Kier alpha value is -1.94. The smallest absolute Gasteiger partial charge is 0.125 e. The normalized spacial score (nSPS) is 12.1. The molecule has 0 amide bonds. The van der Waals surface area contributed by atoms with Gasteiger partial charge in [-0.1, -0.05) is 12.1 Å². The van der Waals surface area contributed by atoms with Gasteiger partial charge in [0, 0.05) is 37.2 Å². The second-order valence-corrected chi connectivity index (χ2v) is 4.17. The maximum absolute atomic E-state index is 9.38. The SMILES string of the molecule is OC[C@H](CNc1ccccn1)Cc1ccccn1. The summed E-state index contributed by atoms with van der Waals surface area (Å²) in [4.78, 5) is 8.45. The van der Waals surface area contributed by atoms with Crippen LogP contribution in [0.1, 0.15) is 5.69 Å². The quantitative estimate of drug-likeness (QED) is 0.811. The molecule has 0 saturated heterocycles. The molecule has 0 aliphatic rings. The highest BCUT2D eigenvalue weighted by Gasteiger charge is 2.09. The van der Waals surface area contributed by atoms with E-state index in [1.807, 2.05) is 36.4 Å². The van der Waals surface area contributed by atoms with Gasteiger partial charge in [-0.05, 0) is 30.7 Å². The van der Waals surface area contributed by atoms with Crippen LogP contribution in [0.15, 0.2) is 48.8 Å². The van der Waals surface area contributed by atoms with Crippen molar-refractivity contribution < 1.29 is 5.11 Å². The molecule has 0 aliphatic heterocycles. The number of pyridine rings is 2. The highest BCUT2D eigenvalue weighted by Crippen LogP contribution is 2.08. The zero-order chi connectivity index (χ0) is 12.6. The van der Waals surface area contributed by atoms with E-state index in [4.69, 9.17) is 0 Å². The zero-order valence-electron chi connectivity index (χ0n) is 10.2. The third kappa shape index (κ3) is 3.82. The number of aliphatic hydroxyl groups is 1. The lowest BCUT2D eigenvalue weighted by Crippen LogP contribution is -2.21. The largest absolute Gasteiger partial charge is 0.396 e. The second-order valence-electron chi connectivity index (χ2n) is 4.17. The predicted octanol–water partition coefficient (Wildman–Crippen LogP) is 1.74. The van der Waals surface area contributed by atoms with Crippen LogP contribution in [0.2, 0.25) is 0 Å². The zero-order valence-corrected chi connectivity index (χ0v) is 10.2. The van der Waals surface area contributed by atoms with Gasteiger partial charge in [0.05, 0.1) is 0 Å². The van der Waals surface area contributed by atoms with Crippen molar-refractivity contribution in [3.05, 3.63) is 54.5 Å². The van der Waals surface area contributed by atoms with Crippen molar-refractivity contribution >= 4 is 5.82 Å². The Morgan fingerprint density at radius 2 is 1.83 bits per heavy atom. The summed E-state index contributed by atoms with van der Waals surface area (Å²) < 4.78 is 0. The molecule has 0 spiro atoms. The van der Waals surface area contributed by atoms with Crippen LogP contribution >= 0.6 is 0 Å². The summed E-state index contributed by atoms with van der Waals surface area (Å²) in [6, 6.07) is 11.6. The molecule has 0 fully saturated rings. The van der Waals surface area contributed by atoms with Crippen molar-refractivity contribution in [2.45, 2.75) is 6.42 Å². The van der Waals surface area contributed by atoms with Crippen LogP contribution in [0.4, 0.5) is 5.82 Å². The van der Waals surface area contributed by atoms with Gasteiger partial charge >= 0.3 is 0 Å². The summed E-state index contributed by atoms with van der Waals surface area (Å²) in [7, 11) is 0. The Balaban J connectivity index is 1.86. The van der Waals surface area contributed by atoms with E-state index in [0.29, 0.717) is 6.54 Å².